The fraction of sp³-hybridized carbons (Fsp3) is 0.615. The number of carbonyl (C=O) groups is 1. The van der Waals surface area contributed by atoms with Gasteiger partial charge in [-0.3, -0.25) is 4.79 Å². The number of hydrogen-bond donors (Lipinski definition) is 2. The van der Waals surface area contributed by atoms with Gasteiger partial charge in [0.1, 0.15) is 11.5 Å². The van der Waals surface area contributed by atoms with Gasteiger partial charge in [0, 0.05) is 12.1 Å². The van der Waals surface area contributed by atoms with E-state index in [9.17, 15) is 4.79 Å². The van der Waals surface area contributed by atoms with Crippen LogP contribution >= 0.6 is 0 Å². The normalized spacial score (nSPS) is 30.8. The van der Waals surface area contributed by atoms with E-state index >= 15 is 0 Å². The van der Waals surface area contributed by atoms with Crippen molar-refractivity contribution in [2.75, 3.05) is 0 Å². The van der Waals surface area contributed by atoms with E-state index in [1.807, 2.05) is 19.1 Å². The molecule has 2 bridgehead atoms. The monoisotopic (exact) mass is 234 g/mol. The van der Waals surface area contributed by atoms with Crippen LogP contribution in [-0.2, 0) is 11.3 Å². The minimum atomic E-state index is 0.157. The molecule has 1 aromatic rings. The second-order valence-corrected chi connectivity index (χ2v) is 5.12. The standard InChI is InChI=1S/C13H18N2O2/c1-8-2-4-10(17-8)7-14-13(16)11-6-9-3-5-12(11)15-9/h2,4,9,11-12,15H,3,5-7H2,1H3,(H,14,16). The highest BCUT2D eigenvalue weighted by molar-refractivity contribution is 5.80. The molecule has 0 radical (unpaired) electrons. The summed E-state index contributed by atoms with van der Waals surface area (Å²) in [4.78, 5) is 12.0. The maximum Gasteiger partial charge on any atom is 0.225 e. The third-order valence-electron chi connectivity index (χ3n) is 3.87. The Labute approximate surface area is 101 Å². The van der Waals surface area contributed by atoms with Crippen LogP contribution in [0.5, 0.6) is 0 Å². The molecule has 4 nitrogen and oxygen atoms in total. The molecular weight excluding hydrogens is 216 g/mol. The van der Waals surface area contributed by atoms with Gasteiger partial charge in [0.25, 0.3) is 0 Å². The van der Waals surface area contributed by atoms with E-state index in [2.05, 4.69) is 10.6 Å². The molecule has 2 aliphatic heterocycles. The van der Waals surface area contributed by atoms with Gasteiger partial charge >= 0.3 is 0 Å². The van der Waals surface area contributed by atoms with Gasteiger partial charge in [-0.15, -0.1) is 0 Å². The predicted molar refractivity (Wildman–Crippen MR) is 63.3 cm³/mol. The van der Waals surface area contributed by atoms with Crippen LogP contribution in [0.4, 0.5) is 0 Å². The number of amides is 1. The van der Waals surface area contributed by atoms with Gasteiger partial charge in [0.05, 0.1) is 12.5 Å². The number of fused-ring (bicyclic) bond motifs is 2. The van der Waals surface area contributed by atoms with Gasteiger partial charge in [-0.1, -0.05) is 0 Å². The molecule has 0 spiro atoms. The summed E-state index contributed by atoms with van der Waals surface area (Å²) < 4.78 is 5.43. The van der Waals surface area contributed by atoms with E-state index in [0.29, 0.717) is 18.6 Å². The van der Waals surface area contributed by atoms with Crippen molar-refractivity contribution in [1.29, 1.82) is 0 Å². The zero-order valence-electron chi connectivity index (χ0n) is 10.0. The zero-order valence-corrected chi connectivity index (χ0v) is 10.0. The summed E-state index contributed by atoms with van der Waals surface area (Å²) in [5.41, 5.74) is 0. The first-order chi connectivity index (χ1) is 8.22. The third kappa shape index (κ3) is 2.09. The molecule has 3 unspecified atom stereocenters. The fourth-order valence-corrected chi connectivity index (χ4v) is 3.00. The van der Waals surface area contributed by atoms with Gasteiger partial charge in [-0.25, -0.2) is 0 Å². The Morgan fingerprint density at radius 1 is 1.53 bits per heavy atom. The maximum atomic E-state index is 12.0. The van der Waals surface area contributed by atoms with Crippen molar-refractivity contribution in [2.45, 2.75) is 44.8 Å². The van der Waals surface area contributed by atoms with Crippen molar-refractivity contribution in [3.8, 4) is 0 Å². The van der Waals surface area contributed by atoms with E-state index in [0.717, 1.165) is 24.4 Å². The van der Waals surface area contributed by atoms with Crippen LogP contribution in [0.3, 0.4) is 0 Å². The molecule has 0 aliphatic carbocycles. The van der Waals surface area contributed by atoms with E-state index in [1.165, 1.54) is 6.42 Å². The molecular formula is C13H18N2O2. The average molecular weight is 234 g/mol. The highest BCUT2D eigenvalue weighted by Gasteiger charge is 2.42. The first-order valence-electron chi connectivity index (χ1n) is 6.31. The summed E-state index contributed by atoms with van der Waals surface area (Å²) in [6, 6.07) is 4.80. The van der Waals surface area contributed by atoms with Gasteiger partial charge in [0.2, 0.25) is 5.91 Å². The lowest BCUT2D eigenvalue weighted by atomic mass is 9.88. The smallest absolute Gasteiger partial charge is 0.225 e. The van der Waals surface area contributed by atoms with E-state index < -0.39 is 0 Å². The number of furan rings is 1. The van der Waals surface area contributed by atoms with Gasteiger partial charge in [-0.05, 0) is 38.3 Å². The van der Waals surface area contributed by atoms with Crippen LogP contribution in [0, 0.1) is 12.8 Å². The minimum Gasteiger partial charge on any atom is -0.465 e. The van der Waals surface area contributed by atoms with Gasteiger partial charge in [0.15, 0.2) is 0 Å². The summed E-state index contributed by atoms with van der Waals surface area (Å²) in [5, 5.41) is 6.44. The number of nitrogens with one attached hydrogen (secondary N) is 2. The Balaban J connectivity index is 1.54. The summed E-state index contributed by atoms with van der Waals surface area (Å²) in [7, 11) is 0. The number of aryl methyl sites for hydroxylation is 1. The van der Waals surface area contributed by atoms with Crippen molar-refractivity contribution >= 4 is 5.91 Å². The van der Waals surface area contributed by atoms with Crippen molar-refractivity contribution in [3.05, 3.63) is 23.7 Å². The second kappa shape index (κ2) is 4.18. The van der Waals surface area contributed by atoms with Gasteiger partial charge in [-0.2, -0.15) is 0 Å². The van der Waals surface area contributed by atoms with Crippen LogP contribution in [0.2, 0.25) is 0 Å². The molecule has 0 aromatic carbocycles. The highest BCUT2D eigenvalue weighted by Crippen LogP contribution is 2.33. The maximum absolute atomic E-state index is 12.0. The molecule has 2 saturated heterocycles. The Kier molecular flexibility index (Phi) is 2.67. The predicted octanol–water partition coefficient (Wildman–Crippen LogP) is 1.34. The molecule has 1 aromatic heterocycles. The number of carbonyl (C=O) groups excluding carboxylic acids is 1. The number of hydrogen-bond acceptors (Lipinski definition) is 3. The van der Waals surface area contributed by atoms with E-state index in [1.54, 1.807) is 0 Å². The molecule has 3 atom stereocenters. The topological polar surface area (TPSA) is 54.3 Å². The van der Waals surface area contributed by atoms with Crippen molar-refractivity contribution in [1.82, 2.24) is 10.6 Å². The summed E-state index contributed by atoms with van der Waals surface area (Å²) in [5.74, 6) is 2.03. The zero-order chi connectivity index (χ0) is 11.8. The average Bonchev–Trinajstić information content (AvgIpc) is 3.01. The Morgan fingerprint density at radius 2 is 2.41 bits per heavy atom. The quantitative estimate of drug-likeness (QED) is 0.830. The molecule has 1 amide bonds. The lowest BCUT2D eigenvalue weighted by Crippen LogP contribution is -2.37. The van der Waals surface area contributed by atoms with Crippen molar-refractivity contribution in [3.63, 3.8) is 0 Å². The van der Waals surface area contributed by atoms with Crippen LogP contribution in [0.1, 0.15) is 30.8 Å². The largest absolute Gasteiger partial charge is 0.465 e. The third-order valence-corrected chi connectivity index (χ3v) is 3.87. The number of rotatable bonds is 3. The molecule has 17 heavy (non-hydrogen) atoms. The van der Waals surface area contributed by atoms with Crippen LogP contribution in [0.25, 0.3) is 0 Å². The SMILES string of the molecule is Cc1ccc(CNC(=O)C2CC3CCC2N3)o1. The van der Waals surface area contributed by atoms with Crippen molar-refractivity contribution in [2.24, 2.45) is 5.92 Å². The first kappa shape index (κ1) is 10.8. The summed E-state index contributed by atoms with van der Waals surface area (Å²) >= 11 is 0. The molecule has 3 rings (SSSR count). The fourth-order valence-electron chi connectivity index (χ4n) is 3.00. The first-order valence-corrected chi connectivity index (χ1v) is 6.31. The lowest BCUT2D eigenvalue weighted by Gasteiger charge is -2.18. The second-order valence-electron chi connectivity index (χ2n) is 5.12. The molecule has 0 saturated carbocycles. The Bertz CT molecular complexity index is 427. The molecule has 2 aliphatic rings. The van der Waals surface area contributed by atoms with Crippen LogP contribution < -0.4 is 10.6 Å². The lowest BCUT2D eigenvalue weighted by molar-refractivity contribution is -0.125. The van der Waals surface area contributed by atoms with E-state index in [4.69, 9.17) is 4.42 Å². The molecule has 3 heterocycles. The van der Waals surface area contributed by atoms with Gasteiger partial charge < -0.3 is 15.1 Å². The molecule has 4 heteroatoms. The highest BCUT2D eigenvalue weighted by atomic mass is 16.3. The molecule has 92 valence electrons. The Hall–Kier alpha value is -1.29. The van der Waals surface area contributed by atoms with E-state index in [-0.39, 0.29) is 11.8 Å². The van der Waals surface area contributed by atoms with Crippen molar-refractivity contribution < 1.29 is 9.21 Å². The molecule has 2 fully saturated rings. The summed E-state index contributed by atoms with van der Waals surface area (Å²) in [6.45, 7) is 2.41. The van der Waals surface area contributed by atoms with Crippen LogP contribution in [0.15, 0.2) is 16.5 Å². The van der Waals surface area contributed by atoms with Crippen LogP contribution in [-0.4, -0.2) is 18.0 Å². The minimum absolute atomic E-state index is 0.157. The molecule has 2 N–H and O–H groups in total. The Morgan fingerprint density at radius 3 is 3.00 bits per heavy atom. The summed E-state index contributed by atoms with van der Waals surface area (Å²) in [6.07, 6.45) is 3.36.